The number of hydrogen-bond acceptors (Lipinski definition) is 8. The van der Waals surface area contributed by atoms with E-state index in [9.17, 15) is 24.5 Å². The molecule has 0 aliphatic carbocycles. The fourth-order valence-corrected chi connectivity index (χ4v) is 3.97. The van der Waals surface area contributed by atoms with Gasteiger partial charge in [0.2, 0.25) is 5.91 Å². The summed E-state index contributed by atoms with van der Waals surface area (Å²) in [4.78, 5) is 50.9. The number of nitro benzene ring substituents is 1. The SMILES string of the molecule is COC(=O)C1=C(C)N(C(=O)C(C)(CN)CC(=O)OC(C)(C)C)C(C)=CC1c1ccc([N+](=O)[O-])cc1. The van der Waals surface area contributed by atoms with Gasteiger partial charge >= 0.3 is 11.9 Å². The van der Waals surface area contributed by atoms with Gasteiger partial charge in [-0.25, -0.2) is 4.79 Å². The number of carbonyl (C=O) groups is 3. The Bertz CT molecular complexity index is 1080. The predicted octanol–water partition coefficient (Wildman–Crippen LogP) is 3.57. The van der Waals surface area contributed by atoms with E-state index in [1.807, 2.05) is 0 Å². The van der Waals surface area contributed by atoms with E-state index in [0.29, 0.717) is 17.0 Å². The second kappa shape index (κ2) is 10.4. The van der Waals surface area contributed by atoms with E-state index in [1.165, 1.54) is 24.1 Å². The van der Waals surface area contributed by atoms with Crippen molar-refractivity contribution < 1.29 is 28.8 Å². The van der Waals surface area contributed by atoms with Crippen molar-refractivity contribution in [1.29, 1.82) is 0 Å². The molecule has 190 valence electrons. The number of methoxy groups -OCH3 is 1. The summed E-state index contributed by atoms with van der Waals surface area (Å²) in [5, 5.41) is 11.0. The third-order valence-electron chi connectivity index (χ3n) is 5.79. The van der Waals surface area contributed by atoms with Gasteiger partial charge in [0.25, 0.3) is 5.69 Å². The van der Waals surface area contributed by atoms with Crippen LogP contribution in [0.15, 0.2) is 47.3 Å². The van der Waals surface area contributed by atoms with E-state index in [2.05, 4.69) is 0 Å². The number of hydrogen-bond donors (Lipinski definition) is 1. The number of non-ortho nitro benzene ring substituents is 1. The van der Waals surface area contributed by atoms with Gasteiger partial charge in [-0.15, -0.1) is 0 Å². The van der Waals surface area contributed by atoms with Crippen LogP contribution in [-0.2, 0) is 23.9 Å². The number of rotatable bonds is 7. The molecule has 1 aromatic rings. The topological polar surface area (TPSA) is 142 Å². The summed E-state index contributed by atoms with van der Waals surface area (Å²) in [7, 11) is 1.24. The van der Waals surface area contributed by atoms with Gasteiger partial charge in [-0.2, -0.15) is 0 Å². The first-order chi connectivity index (χ1) is 16.1. The minimum absolute atomic E-state index is 0.0803. The minimum Gasteiger partial charge on any atom is -0.466 e. The lowest BCUT2D eigenvalue weighted by Crippen LogP contribution is -2.48. The zero-order valence-corrected chi connectivity index (χ0v) is 21.2. The smallest absolute Gasteiger partial charge is 0.336 e. The summed E-state index contributed by atoms with van der Waals surface area (Å²) in [5.74, 6) is -2.26. The molecule has 2 atom stereocenters. The Labute approximate surface area is 204 Å². The minimum atomic E-state index is -1.29. The zero-order chi connectivity index (χ0) is 26.7. The quantitative estimate of drug-likeness (QED) is 0.349. The molecule has 2 unspecified atom stereocenters. The first kappa shape index (κ1) is 27.7. The molecule has 35 heavy (non-hydrogen) atoms. The molecule has 0 aromatic heterocycles. The van der Waals surface area contributed by atoms with Crippen molar-refractivity contribution in [3.8, 4) is 0 Å². The summed E-state index contributed by atoms with van der Waals surface area (Å²) < 4.78 is 10.4. The number of nitro groups is 1. The molecular weight excluding hydrogens is 454 g/mol. The van der Waals surface area contributed by atoms with Crippen molar-refractivity contribution in [3.05, 3.63) is 63.0 Å². The van der Waals surface area contributed by atoms with Crippen LogP contribution in [0.1, 0.15) is 59.4 Å². The molecule has 1 amide bonds. The number of amides is 1. The fraction of sp³-hybridized carbons (Fsp3) is 0.480. The maximum atomic E-state index is 13.7. The Balaban J connectivity index is 2.51. The summed E-state index contributed by atoms with van der Waals surface area (Å²) in [6.07, 6.45) is 1.47. The monoisotopic (exact) mass is 487 g/mol. The molecule has 0 fully saturated rings. The third-order valence-corrected chi connectivity index (χ3v) is 5.79. The summed E-state index contributed by atoms with van der Waals surface area (Å²) in [6, 6.07) is 5.83. The van der Waals surface area contributed by atoms with E-state index >= 15 is 0 Å². The molecular formula is C25H33N3O7. The molecule has 0 saturated carbocycles. The normalized spacial score (nSPS) is 17.9. The molecule has 1 aliphatic heterocycles. The lowest BCUT2D eigenvalue weighted by atomic mass is 9.82. The third kappa shape index (κ3) is 6.13. The largest absolute Gasteiger partial charge is 0.466 e. The van der Waals surface area contributed by atoms with Gasteiger partial charge in [-0.3, -0.25) is 24.6 Å². The molecule has 0 radical (unpaired) electrons. The van der Waals surface area contributed by atoms with Crippen molar-refractivity contribution in [2.45, 2.75) is 59.5 Å². The van der Waals surface area contributed by atoms with Gasteiger partial charge in [0.05, 0.1) is 29.4 Å². The molecule has 1 aromatic carbocycles. The van der Waals surface area contributed by atoms with E-state index in [-0.39, 0.29) is 24.2 Å². The number of carbonyl (C=O) groups excluding carboxylic acids is 3. The van der Waals surface area contributed by atoms with Gasteiger partial charge in [-0.05, 0) is 47.1 Å². The number of esters is 2. The number of ether oxygens (including phenoxy) is 2. The second-order valence-corrected chi connectivity index (χ2v) is 9.79. The van der Waals surface area contributed by atoms with Crippen LogP contribution in [0.3, 0.4) is 0 Å². The van der Waals surface area contributed by atoms with Crippen LogP contribution in [0, 0.1) is 15.5 Å². The number of allylic oxidation sites excluding steroid dienone is 3. The van der Waals surface area contributed by atoms with Crippen molar-refractivity contribution in [2.75, 3.05) is 13.7 Å². The van der Waals surface area contributed by atoms with Crippen molar-refractivity contribution >= 4 is 23.5 Å². The average Bonchev–Trinajstić information content (AvgIpc) is 2.76. The first-order valence-electron chi connectivity index (χ1n) is 11.1. The second-order valence-electron chi connectivity index (χ2n) is 9.79. The van der Waals surface area contributed by atoms with Gasteiger partial charge in [0.1, 0.15) is 5.60 Å². The van der Waals surface area contributed by atoms with Crippen LogP contribution in [0.25, 0.3) is 0 Å². The van der Waals surface area contributed by atoms with Crippen LogP contribution >= 0.6 is 0 Å². The highest BCUT2D eigenvalue weighted by molar-refractivity contribution is 5.96. The van der Waals surface area contributed by atoms with Crippen molar-refractivity contribution in [1.82, 2.24) is 4.90 Å². The van der Waals surface area contributed by atoms with E-state index in [4.69, 9.17) is 15.2 Å². The standard InChI is InChI=1S/C25H33N3O7/c1-15-12-19(17-8-10-18(11-9-17)28(32)33)21(22(30)34-7)16(2)27(15)23(31)25(6,14-26)13-20(29)35-24(3,4)5/h8-12,19H,13-14,26H2,1-7H3. The lowest BCUT2D eigenvalue weighted by molar-refractivity contribution is -0.384. The van der Waals surface area contributed by atoms with Crippen LogP contribution < -0.4 is 5.73 Å². The number of nitrogens with zero attached hydrogens (tertiary/aromatic N) is 2. The van der Waals surface area contributed by atoms with Gasteiger partial charge < -0.3 is 15.2 Å². The van der Waals surface area contributed by atoms with Crippen LogP contribution in [0.5, 0.6) is 0 Å². The highest BCUT2D eigenvalue weighted by Gasteiger charge is 2.43. The van der Waals surface area contributed by atoms with Crippen molar-refractivity contribution in [3.63, 3.8) is 0 Å². The number of benzene rings is 1. The highest BCUT2D eigenvalue weighted by atomic mass is 16.6. The Morgan fingerprint density at radius 1 is 1.11 bits per heavy atom. The Morgan fingerprint density at radius 3 is 2.14 bits per heavy atom. The van der Waals surface area contributed by atoms with Gasteiger partial charge in [0.15, 0.2) is 0 Å². The van der Waals surface area contributed by atoms with Gasteiger partial charge in [0, 0.05) is 36.0 Å². The number of nitrogens with two attached hydrogens (primary N) is 1. The highest BCUT2D eigenvalue weighted by Crippen LogP contribution is 2.40. The molecule has 2 N–H and O–H groups in total. The predicted molar refractivity (Wildman–Crippen MR) is 129 cm³/mol. The zero-order valence-electron chi connectivity index (χ0n) is 21.2. The van der Waals surface area contributed by atoms with Crippen LogP contribution in [0.4, 0.5) is 5.69 Å². The summed E-state index contributed by atoms with van der Waals surface area (Å²) in [5.41, 5.74) is 5.54. The first-order valence-corrected chi connectivity index (χ1v) is 11.1. The average molecular weight is 488 g/mol. The maximum absolute atomic E-state index is 13.7. The fourth-order valence-electron chi connectivity index (χ4n) is 3.97. The molecule has 1 aliphatic rings. The Hall–Kier alpha value is -3.53. The molecule has 1 heterocycles. The van der Waals surface area contributed by atoms with E-state index in [0.717, 1.165) is 0 Å². The van der Waals surface area contributed by atoms with Crippen molar-refractivity contribution in [2.24, 2.45) is 11.1 Å². The van der Waals surface area contributed by atoms with Crippen LogP contribution in [-0.4, -0.2) is 46.9 Å². The summed E-state index contributed by atoms with van der Waals surface area (Å²) >= 11 is 0. The Morgan fingerprint density at radius 2 is 1.69 bits per heavy atom. The lowest BCUT2D eigenvalue weighted by Gasteiger charge is -2.38. The molecule has 0 spiro atoms. The molecule has 10 nitrogen and oxygen atoms in total. The summed E-state index contributed by atoms with van der Waals surface area (Å²) in [6.45, 7) is 9.98. The van der Waals surface area contributed by atoms with Crippen LogP contribution in [0.2, 0.25) is 0 Å². The maximum Gasteiger partial charge on any atom is 0.336 e. The molecule has 10 heteroatoms. The van der Waals surface area contributed by atoms with E-state index < -0.39 is 39.7 Å². The Kier molecular flexibility index (Phi) is 8.23. The van der Waals surface area contributed by atoms with Gasteiger partial charge in [-0.1, -0.05) is 18.2 Å². The molecule has 2 rings (SSSR count). The molecule has 0 saturated heterocycles. The molecule has 0 bridgehead atoms. The van der Waals surface area contributed by atoms with E-state index in [1.54, 1.807) is 59.8 Å².